The van der Waals surface area contributed by atoms with Gasteiger partial charge in [0.15, 0.2) is 0 Å². The van der Waals surface area contributed by atoms with Crippen LogP contribution in [0.4, 0.5) is 13.2 Å². The van der Waals surface area contributed by atoms with Crippen LogP contribution < -0.4 is 10.5 Å². The van der Waals surface area contributed by atoms with Gasteiger partial charge in [0.25, 0.3) is 0 Å². The van der Waals surface area contributed by atoms with Gasteiger partial charge in [-0.25, -0.2) is 0 Å². The molecule has 0 radical (unpaired) electrons. The maximum Gasteiger partial charge on any atom is 0.573 e. The summed E-state index contributed by atoms with van der Waals surface area (Å²) in [4.78, 5) is 14.5. The standard InChI is InChI=1S/C17H21F3N2O2.ClH/c1-10-6-11(8-21)9-22(10)16(23)14-7-13(14)12-4-2-3-5-15(12)24-17(18,19)20;/h2-5,10-11,13-14H,6-9,21H2,1H3;1H. The van der Waals surface area contributed by atoms with Gasteiger partial charge in [0, 0.05) is 18.5 Å². The topological polar surface area (TPSA) is 55.6 Å². The zero-order valence-corrected chi connectivity index (χ0v) is 14.6. The highest BCUT2D eigenvalue weighted by atomic mass is 35.5. The molecule has 3 rings (SSSR count). The molecule has 8 heteroatoms. The van der Waals surface area contributed by atoms with Crippen molar-refractivity contribution in [3.8, 4) is 5.75 Å². The van der Waals surface area contributed by atoms with Gasteiger partial charge in [-0.15, -0.1) is 25.6 Å². The monoisotopic (exact) mass is 378 g/mol. The molecule has 4 atom stereocenters. The van der Waals surface area contributed by atoms with E-state index in [1.165, 1.54) is 12.1 Å². The molecule has 1 aliphatic heterocycles. The fourth-order valence-corrected chi connectivity index (χ4v) is 3.65. The molecule has 0 aromatic heterocycles. The van der Waals surface area contributed by atoms with E-state index < -0.39 is 6.36 Å². The van der Waals surface area contributed by atoms with E-state index >= 15 is 0 Å². The van der Waals surface area contributed by atoms with Crippen molar-refractivity contribution < 1.29 is 22.7 Å². The van der Waals surface area contributed by atoms with Gasteiger partial charge in [0.2, 0.25) is 5.91 Å². The van der Waals surface area contributed by atoms with E-state index in [0.717, 1.165) is 6.42 Å². The Hall–Kier alpha value is -1.47. The molecule has 1 saturated carbocycles. The summed E-state index contributed by atoms with van der Waals surface area (Å²) in [6.07, 6.45) is -3.29. The van der Waals surface area contributed by atoms with Gasteiger partial charge in [-0.2, -0.15) is 0 Å². The first-order valence-electron chi connectivity index (χ1n) is 8.15. The van der Waals surface area contributed by atoms with Gasteiger partial charge < -0.3 is 15.4 Å². The Morgan fingerprint density at radius 2 is 2.00 bits per heavy atom. The van der Waals surface area contributed by atoms with Gasteiger partial charge >= 0.3 is 6.36 Å². The lowest BCUT2D eigenvalue weighted by atomic mass is 10.1. The summed E-state index contributed by atoms with van der Waals surface area (Å²) in [7, 11) is 0. The van der Waals surface area contributed by atoms with E-state index in [4.69, 9.17) is 5.73 Å². The third-order valence-electron chi connectivity index (χ3n) is 4.93. The Morgan fingerprint density at radius 3 is 2.60 bits per heavy atom. The summed E-state index contributed by atoms with van der Waals surface area (Å²) in [5, 5.41) is 0. The highest BCUT2D eigenvalue weighted by Gasteiger charge is 2.49. The summed E-state index contributed by atoms with van der Waals surface area (Å²) >= 11 is 0. The molecule has 1 saturated heterocycles. The van der Waals surface area contributed by atoms with Crippen molar-refractivity contribution >= 4 is 18.3 Å². The predicted molar refractivity (Wildman–Crippen MR) is 89.6 cm³/mol. The van der Waals surface area contributed by atoms with Crippen LogP contribution in [0.1, 0.15) is 31.2 Å². The summed E-state index contributed by atoms with van der Waals surface area (Å²) in [5.41, 5.74) is 6.14. The van der Waals surface area contributed by atoms with Crippen molar-refractivity contribution in [1.82, 2.24) is 4.90 Å². The highest BCUT2D eigenvalue weighted by Crippen LogP contribution is 2.52. The quantitative estimate of drug-likeness (QED) is 0.874. The number of halogens is 4. The minimum absolute atomic E-state index is 0. The largest absolute Gasteiger partial charge is 0.573 e. The molecule has 1 aromatic carbocycles. The van der Waals surface area contributed by atoms with Crippen molar-refractivity contribution in [3.63, 3.8) is 0 Å². The van der Waals surface area contributed by atoms with E-state index in [1.54, 1.807) is 12.1 Å². The molecule has 1 amide bonds. The first-order chi connectivity index (χ1) is 11.3. The van der Waals surface area contributed by atoms with Crippen LogP contribution in [0.25, 0.3) is 0 Å². The van der Waals surface area contributed by atoms with Gasteiger partial charge in [0.05, 0.1) is 0 Å². The summed E-state index contributed by atoms with van der Waals surface area (Å²) < 4.78 is 41.7. The van der Waals surface area contributed by atoms with Crippen LogP contribution >= 0.6 is 12.4 Å². The van der Waals surface area contributed by atoms with E-state index in [-0.39, 0.29) is 41.9 Å². The Bertz CT molecular complexity index is 626. The molecule has 4 nitrogen and oxygen atoms in total. The molecule has 1 aliphatic carbocycles. The number of rotatable bonds is 4. The molecule has 2 aliphatic rings. The number of para-hydroxylation sites is 1. The van der Waals surface area contributed by atoms with Crippen LogP contribution in [0.3, 0.4) is 0 Å². The molecule has 2 fully saturated rings. The molecule has 1 aromatic rings. The summed E-state index contributed by atoms with van der Waals surface area (Å²) in [6.45, 7) is 3.18. The average molecular weight is 379 g/mol. The van der Waals surface area contributed by atoms with Crippen molar-refractivity contribution in [2.24, 2.45) is 17.6 Å². The SMILES string of the molecule is CC1CC(CN)CN1C(=O)C1CC1c1ccccc1OC(F)(F)F.Cl. The molecule has 0 bridgehead atoms. The third kappa shape index (κ3) is 4.39. The number of hydrogen-bond acceptors (Lipinski definition) is 3. The second kappa shape index (κ2) is 7.41. The van der Waals surface area contributed by atoms with E-state index in [9.17, 15) is 18.0 Å². The molecule has 1 heterocycles. The van der Waals surface area contributed by atoms with Crippen LogP contribution in [-0.4, -0.2) is 36.3 Å². The predicted octanol–water partition coefficient (Wildman–Crippen LogP) is 3.31. The first kappa shape index (κ1) is 19.8. The maximum absolute atomic E-state index is 12.7. The van der Waals surface area contributed by atoms with Gasteiger partial charge in [-0.3, -0.25) is 4.79 Å². The van der Waals surface area contributed by atoms with Gasteiger partial charge in [0.1, 0.15) is 5.75 Å². The smallest absolute Gasteiger partial charge is 0.405 e. The average Bonchev–Trinajstić information content (AvgIpc) is 3.21. The Labute approximate surface area is 150 Å². The maximum atomic E-state index is 12.7. The number of benzene rings is 1. The highest BCUT2D eigenvalue weighted by molar-refractivity contribution is 5.85. The van der Waals surface area contributed by atoms with E-state index in [1.807, 2.05) is 11.8 Å². The van der Waals surface area contributed by atoms with Crippen LogP contribution in [0, 0.1) is 11.8 Å². The molecule has 140 valence electrons. The zero-order chi connectivity index (χ0) is 17.5. The molecule has 2 N–H and O–H groups in total. The van der Waals surface area contributed by atoms with Gasteiger partial charge in [-0.05, 0) is 49.8 Å². The van der Waals surface area contributed by atoms with Crippen LogP contribution in [0.15, 0.2) is 24.3 Å². The lowest BCUT2D eigenvalue weighted by Gasteiger charge is -2.22. The van der Waals surface area contributed by atoms with Crippen LogP contribution in [0.5, 0.6) is 5.75 Å². The Kier molecular flexibility index (Phi) is 5.89. The van der Waals surface area contributed by atoms with Crippen molar-refractivity contribution in [2.75, 3.05) is 13.1 Å². The number of carbonyl (C=O) groups is 1. The number of ether oxygens (including phenoxy) is 1. The number of carbonyl (C=O) groups excluding carboxylic acids is 1. The molecule has 25 heavy (non-hydrogen) atoms. The molecule has 4 unspecified atom stereocenters. The van der Waals surface area contributed by atoms with Gasteiger partial charge in [-0.1, -0.05) is 18.2 Å². The number of amides is 1. The number of nitrogens with zero attached hydrogens (tertiary/aromatic N) is 1. The second-order valence-corrected chi connectivity index (χ2v) is 6.71. The second-order valence-electron chi connectivity index (χ2n) is 6.71. The minimum Gasteiger partial charge on any atom is -0.405 e. The Balaban J connectivity index is 0.00000225. The number of alkyl halides is 3. The van der Waals surface area contributed by atoms with Crippen LogP contribution in [0.2, 0.25) is 0 Å². The zero-order valence-electron chi connectivity index (χ0n) is 13.8. The summed E-state index contributed by atoms with van der Waals surface area (Å²) in [5.74, 6) is -0.353. The first-order valence-corrected chi connectivity index (χ1v) is 8.15. The fraction of sp³-hybridized carbons (Fsp3) is 0.588. The van der Waals surface area contributed by atoms with E-state index in [0.29, 0.717) is 31.0 Å². The third-order valence-corrected chi connectivity index (χ3v) is 4.93. The lowest BCUT2D eigenvalue weighted by Crippen LogP contribution is -2.35. The number of nitrogens with two attached hydrogens (primary N) is 1. The van der Waals surface area contributed by atoms with Crippen molar-refractivity contribution in [1.29, 1.82) is 0 Å². The summed E-state index contributed by atoms with van der Waals surface area (Å²) in [6, 6.07) is 6.20. The van der Waals surface area contributed by atoms with Crippen LogP contribution in [-0.2, 0) is 4.79 Å². The van der Waals surface area contributed by atoms with E-state index in [2.05, 4.69) is 4.74 Å². The Morgan fingerprint density at radius 1 is 1.32 bits per heavy atom. The number of likely N-dealkylation sites (tertiary alicyclic amines) is 1. The fourth-order valence-electron chi connectivity index (χ4n) is 3.65. The van der Waals surface area contributed by atoms with Crippen molar-refractivity contribution in [3.05, 3.63) is 29.8 Å². The normalized spacial score (nSPS) is 28.4. The molecular weight excluding hydrogens is 357 g/mol. The molecule has 0 spiro atoms. The minimum atomic E-state index is -4.73. The lowest BCUT2D eigenvalue weighted by molar-refractivity contribution is -0.274. The number of hydrogen-bond donors (Lipinski definition) is 1. The molecular formula is C17H22ClF3N2O2. The van der Waals surface area contributed by atoms with Crippen molar-refractivity contribution in [2.45, 2.75) is 38.1 Å².